The molecule has 0 fully saturated rings. The Morgan fingerprint density at radius 2 is 2.26 bits per heavy atom. The molecule has 0 saturated carbocycles. The molecular formula is C16H19N5O2. The molecule has 0 unspecified atom stereocenters. The molecule has 1 aliphatic heterocycles. The highest BCUT2D eigenvalue weighted by atomic mass is 16.5. The van der Waals surface area contributed by atoms with Gasteiger partial charge in [-0.15, -0.1) is 0 Å². The molecule has 120 valence electrons. The van der Waals surface area contributed by atoms with Crippen LogP contribution in [0.5, 0.6) is 0 Å². The van der Waals surface area contributed by atoms with Crippen molar-refractivity contribution in [3.05, 3.63) is 41.0 Å². The molecule has 3 heterocycles. The molecule has 0 saturated heterocycles. The quantitative estimate of drug-likeness (QED) is 0.858. The number of fused-ring (bicyclic) bond motifs is 1. The van der Waals surface area contributed by atoms with E-state index in [1.54, 1.807) is 26.1 Å². The molecule has 23 heavy (non-hydrogen) atoms. The first-order valence-electron chi connectivity index (χ1n) is 7.58. The van der Waals surface area contributed by atoms with Crippen LogP contribution in [0.1, 0.15) is 34.2 Å². The third-order valence-corrected chi connectivity index (χ3v) is 3.89. The maximum absolute atomic E-state index is 11.8. The highest BCUT2D eigenvalue weighted by molar-refractivity contribution is 5.90. The van der Waals surface area contributed by atoms with Gasteiger partial charge in [0.15, 0.2) is 0 Å². The fourth-order valence-corrected chi connectivity index (χ4v) is 2.65. The summed E-state index contributed by atoms with van der Waals surface area (Å²) in [5, 5.41) is 0. The van der Waals surface area contributed by atoms with Gasteiger partial charge < -0.3 is 15.4 Å². The van der Waals surface area contributed by atoms with E-state index in [1.807, 2.05) is 4.90 Å². The molecule has 0 bridgehead atoms. The Hall–Kier alpha value is -2.70. The molecule has 0 amide bonds. The third-order valence-electron chi connectivity index (χ3n) is 3.89. The van der Waals surface area contributed by atoms with Crippen LogP contribution >= 0.6 is 0 Å². The van der Waals surface area contributed by atoms with Crippen LogP contribution in [0.4, 0.5) is 11.6 Å². The second kappa shape index (κ2) is 6.20. The maximum Gasteiger partial charge on any atom is 0.341 e. The zero-order valence-electron chi connectivity index (χ0n) is 13.2. The fourth-order valence-electron chi connectivity index (χ4n) is 2.65. The van der Waals surface area contributed by atoms with Crippen molar-refractivity contribution >= 4 is 17.6 Å². The Labute approximate surface area is 134 Å². The summed E-state index contributed by atoms with van der Waals surface area (Å²) in [5.41, 5.74) is 9.83. The molecule has 0 radical (unpaired) electrons. The van der Waals surface area contributed by atoms with Crippen LogP contribution in [0.25, 0.3) is 0 Å². The Morgan fingerprint density at radius 1 is 1.43 bits per heavy atom. The minimum Gasteiger partial charge on any atom is -0.462 e. The average molecular weight is 313 g/mol. The fraction of sp³-hybridized carbons (Fsp3) is 0.375. The highest BCUT2D eigenvalue weighted by Crippen LogP contribution is 2.25. The number of nitrogens with zero attached hydrogens (tertiary/aromatic N) is 4. The Morgan fingerprint density at radius 3 is 3.00 bits per heavy atom. The largest absolute Gasteiger partial charge is 0.462 e. The predicted octanol–water partition coefficient (Wildman–Crippen LogP) is 1.50. The predicted molar refractivity (Wildman–Crippen MR) is 86.1 cm³/mol. The third kappa shape index (κ3) is 2.94. The van der Waals surface area contributed by atoms with Crippen LogP contribution in [-0.4, -0.2) is 34.1 Å². The van der Waals surface area contributed by atoms with Crippen molar-refractivity contribution in [2.24, 2.45) is 0 Å². The van der Waals surface area contributed by atoms with E-state index >= 15 is 0 Å². The molecule has 2 aromatic rings. The summed E-state index contributed by atoms with van der Waals surface area (Å²) in [6, 6.07) is 1.80. The summed E-state index contributed by atoms with van der Waals surface area (Å²) in [6.45, 7) is 5.27. The first-order valence-corrected chi connectivity index (χ1v) is 7.58. The lowest BCUT2D eigenvalue weighted by Gasteiger charge is -2.29. The summed E-state index contributed by atoms with van der Waals surface area (Å²) in [7, 11) is 0. The Bertz CT molecular complexity index is 747. The number of hydrogen-bond acceptors (Lipinski definition) is 7. The lowest BCUT2D eigenvalue weighted by molar-refractivity contribution is 0.0524. The maximum atomic E-state index is 11.8. The van der Waals surface area contributed by atoms with E-state index in [9.17, 15) is 4.79 Å². The van der Waals surface area contributed by atoms with Gasteiger partial charge in [0.2, 0.25) is 5.95 Å². The van der Waals surface area contributed by atoms with Crippen LogP contribution in [0.3, 0.4) is 0 Å². The molecule has 7 nitrogen and oxygen atoms in total. The van der Waals surface area contributed by atoms with E-state index in [4.69, 9.17) is 10.5 Å². The molecule has 7 heteroatoms. The van der Waals surface area contributed by atoms with Gasteiger partial charge in [0.25, 0.3) is 0 Å². The van der Waals surface area contributed by atoms with E-state index in [1.165, 1.54) is 6.20 Å². The average Bonchev–Trinajstić information content (AvgIpc) is 2.55. The minimum absolute atomic E-state index is 0.329. The zero-order chi connectivity index (χ0) is 16.4. The number of aromatic nitrogens is 3. The van der Waals surface area contributed by atoms with Gasteiger partial charge in [-0.1, -0.05) is 0 Å². The molecule has 3 rings (SSSR count). The number of esters is 1. The summed E-state index contributed by atoms with van der Waals surface area (Å²) in [5.74, 6) is 0.193. The second-order valence-electron chi connectivity index (χ2n) is 5.39. The number of aryl methyl sites for hydroxylation is 1. The first kappa shape index (κ1) is 15.2. The number of anilines is 2. The van der Waals surface area contributed by atoms with Crippen molar-refractivity contribution in [3.63, 3.8) is 0 Å². The number of carbonyl (C=O) groups is 1. The van der Waals surface area contributed by atoms with E-state index in [0.717, 1.165) is 29.9 Å². The Kier molecular flexibility index (Phi) is 4.10. The SMILES string of the molecule is CCOC(=O)c1cnc(N2CCc3nccc(N)c3C2)nc1C. The van der Waals surface area contributed by atoms with E-state index < -0.39 is 5.97 Å². The summed E-state index contributed by atoms with van der Waals surface area (Å²) in [6.07, 6.45) is 4.05. The van der Waals surface area contributed by atoms with Gasteiger partial charge >= 0.3 is 5.97 Å². The molecule has 2 aromatic heterocycles. The van der Waals surface area contributed by atoms with Crippen LogP contribution in [0.2, 0.25) is 0 Å². The van der Waals surface area contributed by atoms with E-state index in [2.05, 4.69) is 15.0 Å². The molecule has 1 aliphatic rings. The van der Waals surface area contributed by atoms with Crippen LogP contribution in [0.15, 0.2) is 18.5 Å². The van der Waals surface area contributed by atoms with E-state index in [0.29, 0.717) is 30.4 Å². The molecule has 0 atom stereocenters. The lowest BCUT2D eigenvalue weighted by atomic mass is 10.0. The van der Waals surface area contributed by atoms with Crippen LogP contribution in [-0.2, 0) is 17.7 Å². The molecule has 0 spiro atoms. The molecule has 2 N–H and O–H groups in total. The van der Waals surface area contributed by atoms with Crippen molar-refractivity contribution < 1.29 is 9.53 Å². The summed E-state index contributed by atoms with van der Waals surface area (Å²) < 4.78 is 5.00. The number of hydrogen-bond donors (Lipinski definition) is 1. The van der Waals surface area contributed by atoms with Gasteiger partial charge in [-0.25, -0.2) is 14.8 Å². The van der Waals surface area contributed by atoms with Crippen molar-refractivity contribution in [2.75, 3.05) is 23.8 Å². The number of nitrogens with two attached hydrogens (primary N) is 1. The van der Waals surface area contributed by atoms with Gasteiger partial charge in [0.05, 0.1) is 17.9 Å². The summed E-state index contributed by atoms with van der Waals surface area (Å²) in [4.78, 5) is 27.0. The van der Waals surface area contributed by atoms with Gasteiger partial charge in [-0.05, 0) is 19.9 Å². The van der Waals surface area contributed by atoms with Crippen molar-refractivity contribution in [1.29, 1.82) is 0 Å². The minimum atomic E-state index is -0.394. The smallest absolute Gasteiger partial charge is 0.341 e. The first-order chi connectivity index (χ1) is 11.1. The van der Waals surface area contributed by atoms with Gasteiger partial charge in [0.1, 0.15) is 0 Å². The van der Waals surface area contributed by atoms with Crippen molar-refractivity contribution in [3.8, 4) is 0 Å². The standard InChI is InChI=1S/C16H19N5O2/c1-3-23-15(22)11-8-19-16(20-10(11)2)21-7-5-14-12(9-21)13(17)4-6-18-14/h4,6,8H,3,5,7,9H2,1-2H3,(H2,17,18). The van der Waals surface area contributed by atoms with Crippen molar-refractivity contribution in [1.82, 2.24) is 15.0 Å². The monoisotopic (exact) mass is 313 g/mol. The highest BCUT2D eigenvalue weighted by Gasteiger charge is 2.22. The number of nitrogen functional groups attached to an aromatic ring is 1. The van der Waals surface area contributed by atoms with Gasteiger partial charge in [0, 0.05) is 48.8 Å². The van der Waals surface area contributed by atoms with Gasteiger partial charge in [-0.3, -0.25) is 4.98 Å². The zero-order valence-corrected chi connectivity index (χ0v) is 13.2. The number of ether oxygens (including phenoxy) is 1. The molecule has 0 aliphatic carbocycles. The van der Waals surface area contributed by atoms with Crippen LogP contribution < -0.4 is 10.6 Å². The number of rotatable bonds is 3. The molecular weight excluding hydrogens is 294 g/mol. The Balaban J connectivity index is 1.85. The molecule has 0 aromatic carbocycles. The van der Waals surface area contributed by atoms with Gasteiger partial charge in [-0.2, -0.15) is 0 Å². The van der Waals surface area contributed by atoms with Crippen LogP contribution in [0, 0.1) is 6.92 Å². The summed E-state index contributed by atoms with van der Waals surface area (Å²) >= 11 is 0. The normalized spacial score (nSPS) is 13.6. The van der Waals surface area contributed by atoms with Crippen molar-refractivity contribution in [2.45, 2.75) is 26.8 Å². The second-order valence-corrected chi connectivity index (χ2v) is 5.39. The topological polar surface area (TPSA) is 94.2 Å². The number of pyridine rings is 1. The lowest BCUT2D eigenvalue weighted by Crippen LogP contribution is -2.33. The van der Waals surface area contributed by atoms with E-state index in [-0.39, 0.29) is 0 Å². The number of carbonyl (C=O) groups excluding carboxylic acids is 1.